The van der Waals surface area contributed by atoms with Gasteiger partial charge in [-0.15, -0.1) is 0 Å². The Balaban J connectivity index is 1.88. The Bertz CT molecular complexity index is 318. The molecule has 2 rings (SSSR count). The van der Waals surface area contributed by atoms with Gasteiger partial charge in [-0.05, 0) is 30.6 Å². The molecule has 3 atom stereocenters. The lowest BCUT2D eigenvalue weighted by molar-refractivity contribution is 0.235. The quantitative estimate of drug-likeness (QED) is 0.510. The van der Waals surface area contributed by atoms with Crippen LogP contribution in [0.2, 0.25) is 0 Å². The normalized spacial score (nSPS) is 37.2. The Morgan fingerprint density at radius 1 is 1.38 bits per heavy atom. The molecule has 4 heteroatoms. The van der Waals surface area contributed by atoms with Crippen LogP contribution in [0, 0.1) is 17.8 Å². The second kappa shape index (κ2) is 3.10. The third kappa shape index (κ3) is 2.11. The summed E-state index contributed by atoms with van der Waals surface area (Å²) in [5.41, 5.74) is 0. The van der Waals surface area contributed by atoms with Crippen LogP contribution in [0.1, 0.15) is 12.8 Å². The molecule has 0 radical (unpaired) electrons. The van der Waals surface area contributed by atoms with E-state index in [0.29, 0.717) is 24.4 Å². The summed E-state index contributed by atoms with van der Waals surface area (Å²) >= 11 is 0. The summed E-state index contributed by atoms with van der Waals surface area (Å²) in [7, 11) is -3.25. The number of hydrogen-bond donors (Lipinski definition) is 0. The van der Waals surface area contributed by atoms with Gasteiger partial charge in [-0.2, -0.15) is 8.42 Å². The molecule has 2 aliphatic carbocycles. The van der Waals surface area contributed by atoms with Crippen LogP contribution in [-0.2, 0) is 14.3 Å². The van der Waals surface area contributed by atoms with Crippen LogP contribution in [0.3, 0.4) is 0 Å². The van der Waals surface area contributed by atoms with Crippen LogP contribution in [0.25, 0.3) is 0 Å². The topological polar surface area (TPSA) is 43.4 Å². The molecule has 0 spiro atoms. The van der Waals surface area contributed by atoms with Crippen molar-refractivity contribution in [1.29, 1.82) is 0 Å². The number of allylic oxidation sites excluding steroid dienone is 2. The first-order valence-corrected chi connectivity index (χ1v) is 6.39. The zero-order valence-corrected chi connectivity index (χ0v) is 8.46. The Labute approximate surface area is 78.9 Å². The average molecular weight is 202 g/mol. The lowest BCUT2D eigenvalue weighted by atomic mass is 9.95. The third-order valence-corrected chi connectivity index (χ3v) is 3.48. The Morgan fingerprint density at radius 3 is 2.62 bits per heavy atom. The van der Waals surface area contributed by atoms with E-state index in [1.54, 1.807) is 0 Å². The first kappa shape index (κ1) is 9.21. The van der Waals surface area contributed by atoms with Gasteiger partial charge in [-0.1, -0.05) is 12.2 Å². The van der Waals surface area contributed by atoms with E-state index in [0.717, 1.165) is 12.7 Å². The summed E-state index contributed by atoms with van der Waals surface area (Å²) in [4.78, 5) is 0. The highest BCUT2D eigenvalue weighted by atomic mass is 32.2. The van der Waals surface area contributed by atoms with Gasteiger partial charge in [0.05, 0.1) is 12.9 Å². The zero-order chi connectivity index (χ0) is 9.47. The van der Waals surface area contributed by atoms with Gasteiger partial charge in [0.25, 0.3) is 10.1 Å². The molecule has 1 saturated carbocycles. The van der Waals surface area contributed by atoms with Crippen molar-refractivity contribution in [2.45, 2.75) is 12.8 Å². The van der Waals surface area contributed by atoms with Gasteiger partial charge in [0.1, 0.15) is 0 Å². The molecular weight excluding hydrogens is 188 g/mol. The van der Waals surface area contributed by atoms with Crippen LogP contribution in [-0.4, -0.2) is 21.3 Å². The second-order valence-electron chi connectivity index (χ2n) is 4.03. The Morgan fingerprint density at radius 2 is 2.15 bits per heavy atom. The smallest absolute Gasteiger partial charge is 0.264 e. The SMILES string of the molecule is CS(=O)(=O)OC[C@H]1C[C@@H]2C=C[C@H]1C2. The highest BCUT2D eigenvalue weighted by Crippen LogP contribution is 2.43. The summed E-state index contributed by atoms with van der Waals surface area (Å²) in [6.07, 6.45) is 7.83. The molecule has 0 amide bonds. The van der Waals surface area contributed by atoms with E-state index in [2.05, 4.69) is 12.2 Å². The van der Waals surface area contributed by atoms with E-state index in [4.69, 9.17) is 4.18 Å². The first-order chi connectivity index (χ1) is 6.04. The van der Waals surface area contributed by atoms with Crippen molar-refractivity contribution >= 4 is 10.1 Å². The maximum Gasteiger partial charge on any atom is 0.264 e. The van der Waals surface area contributed by atoms with Crippen LogP contribution in [0.15, 0.2) is 12.2 Å². The van der Waals surface area contributed by atoms with Crippen LogP contribution in [0.5, 0.6) is 0 Å². The molecule has 1 fully saturated rings. The molecule has 0 unspecified atom stereocenters. The minimum absolute atomic E-state index is 0.365. The minimum Gasteiger partial charge on any atom is -0.270 e. The number of hydrogen-bond acceptors (Lipinski definition) is 3. The summed E-state index contributed by atoms with van der Waals surface area (Å²) in [5.74, 6) is 1.66. The summed E-state index contributed by atoms with van der Waals surface area (Å²) < 4.78 is 26.3. The van der Waals surface area contributed by atoms with Gasteiger partial charge in [0.2, 0.25) is 0 Å². The van der Waals surface area contributed by atoms with E-state index in [-0.39, 0.29) is 0 Å². The molecule has 0 heterocycles. The van der Waals surface area contributed by atoms with Crippen molar-refractivity contribution in [3.8, 4) is 0 Å². The average Bonchev–Trinajstić information content (AvgIpc) is 2.58. The largest absolute Gasteiger partial charge is 0.270 e. The molecule has 0 saturated heterocycles. The van der Waals surface area contributed by atoms with E-state index >= 15 is 0 Å². The fourth-order valence-electron chi connectivity index (χ4n) is 2.30. The van der Waals surface area contributed by atoms with Gasteiger partial charge in [-0.25, -0.2) is 0 Å². The predicted octanol–water partition coefficient (Wildman–Crippen LogP) is 1.17. The highest BCUT2D eigenvalue weighted by Gasteiger charge is 2.36. The number of fused-ring (bicyclic) bond motifs is 2. The molecule has 2 bridgehead atoms. The minimum atomic E-state index is -3.25. The lowest BCUT2D eigenvalue weighted by Crippen LogP contribution is -2.17. The third-order valence-electron chi connectivity index (χ3n) is 2.91. The molecule has 0 aliphatic heterocycles. The molecule has 3 nitrogen and oxygen atoms in total. The van der Waals surface area contributed by atoms with E-state index in [1.165, 1.54) is 6.42 Å². The molecule has 74 valence electrons. The molecule has 2 aliphatic rings. The molecule has 13 heavy (non-hydrogen) atoms. The summed E-state index contributed by atoms with van der Waals surface area (Å²) in [6, 6.07) is 0. The summed E-state index contributed by atoms with van der Waals surface area (Å²) in [6.45, 7) is 0.365. The van der Waals surface area contributed by atoms with Gasteiger partial charge in [-0.3, -0.25) is 4.18 Å². The monoisotopic (exact) mass is 202 g/mol. The molecule has 0 aromatic carbocycles. The van der Waals surface area contributed by atoms with Crippen LogP contribution >= 0.6 is 0 Å². The van der Waals surface area contributed by atoms with Crippen LogP contribution in [0.4, 0.5) is 0 Å². The summed E-state index contributed by atoms with van der Waals surface area (Å²) in [5, 5.41) is 0. The maximum absolute atomic E-state index is 10.8. The molecular formula is C9H14O3S. The maximum atomic E-state index is 10.8. The fraction of sp³-hybridized carbons (Fsp3) is 0.778. The lowest BCUT2D eigenvalue weighted by Gasteiger charge is -2.16. The van der Waals surface area contributed by atoms with Crippen molar-refractivity contribution in [3.63, 3.8) is 0 Å². The van der Waals surface area contributed by atoms with E-state index in [1.807, 2.05) is 0 Å². The van der Waals surface area contributed by atoms with Gasteiger partial charge >= 0.3 is 0 Å². The molecule has 0 aromatic heterocycles. The standard InChI is InChI=1S/C9H14O3S/c1-13(10,11)12-6-9-5-7-2-3-8(9)4-7/h2-3,7-9H,4-6H2,1H3/t7-,8+,9-/m1/s1. The highest BCUT2D eigenvalue weighted by molar-refractivity contribution is 7.85. The Kier molecular flexibility index (Phi) is 2.20. The van der Waals surface area contributed by atoms with Crippen LogP contribution < -0.4 is 0 Å². The van der Waals surface area contributed by atoms with Gasteiger partial charge in [0, 0.05) is 0 Å². The van der Waals surface area contributed by atoms with E-state index < -0.39 is 10.1 Å². The predicted molar refractivity (Wildman–Crippen MR) is 49.6 cm³/mol. The van der Waals surface area contributed by atoms with Crippen molar-refractivity contribution in [2.75, 3.05) is 12.9 Å². The van der Waals surface area contributed by atoms with Gasteiger partial charge < -0.3 is 0 Å². The van der Waals surface area contributed by atoms with Crippen molar-refractivity contribution in [3.05, 3.63) is 12.2 Å². The van der Waals surface area contributed by atoms with E-state index in [9.17, 15) is 8.42 Å². The van der Waals surface area contributed by atoms with Crippen molar-refractivity contribution < 1.29 is 12.6 Å². The second-order valence-corrected chi connectivity index (χ2v) is 5.67. The van der Waals surface area contributed by atoms with Gasteiger partial charge in [0.15, 0.2) is 0 Å². The number of rotatable bonds is 3. The fourth-order valence-corrected chi connectivity index (χ4v) is 2.72. The Hall–Kier alpha value is -0.350. The van der Waals surface area contributed by atoms with Crippen molar-refractivity contribution in [2.24, 2.45) is 17.8 Å². The molecule has 0 aromatic rings. The first-order valence-electron chi connectivity index (χ1n) is 4.57. The van der Waals surface area contributed by atoms with Crippen molar-refractivity contribution in [1.82, 2.24) is 0 Å². The molecule has 0 N–H and O–H groups in total. The zero-order valence-electron chi connectivity index (χ0n) is 7.64.